The number of aliphatic hydroxyl groups is 1. The summed E-state index contributed by atoms with van der Waals surface area (Å²) in [7, 11) is -3.13. The van der Waals surface area contributed by atoms with E-state index in [1.54, 1.807) is 0 Å². The highest BCUT2D eigenvalue weighted by Crippen LogP contribution is 2.33. The zero-order valence-electron chi connectivity index (χ0n) is 8.41. The molecule has 0 bridgehead atoms. The second kappa shape index (κ2) is 5.68. The summed E-state index contributed by atoms with van der Waals surface area (Å²) in [4.78, 5) is 0. The highest BCUT2D eigenvalue weighted by molar-refractivity contribution is 7.89. The van der Waals surface area contributed by atoms with Crippen LogP contribution in [0.25, 0.3) is 0 Å². The molecule has 1 saturated carbocycles. The van der Waals surface area contributed by atoms with E-state index in [4.69, 9.17) is 5.11 Å². The fraction of sp³-hybridized carbons (Fsp3) is 1.00. The summed E-state index contributed by atoms with van der Waals surface area (Å²) in [6, 6.07) is 0. The molecule has 0 aromatic heterocycles. The van der Waals surface area contributed by atoms with Crippen LogP contribution in [0, 0.1) is 5.92 Å². The molecule has 0 unspecified atom stereocenters. The molecular formula is C9H19NO3S. The molecule has 4 nitrogen and oxygen atoms in total. The lowest BCUT2D eigenvalue weighted by atomic mass is 10.2. The van der Waals surface area contributed by atoms with Crippen LogP contribution in [0.3, 0.4) is 0 Å². The van der Waals surface area contributed by atoms with Crippen molar-refractivity contribution in [2.24, 2.45) is 5.92 Å². The molecule has 84 valence electrons. The lowest BCUT2D eigenvalue weighted by molar-refractivity contribution is 0.295. The summed E-state index contributed by atoms with van der Waals surface area (Å²) in [5, 5.41) is 8.49. The molecule has 0 aromatic rings. The molecule has 1 fully saturated rings. The highest BCUT2D eigenvalue weighted by Gasteiger charge is 2.20. The van der Waals surface area contributed by atoms with E-state index in [2.05, 4.69) is 4.72 Å². The molecule has 1 aliphatic carbocycles. The van der Waals surface area contributed by atoms with Crippen molar-refractivity contribution in [2.75, 3.05) is 18.9 Å². The largest absolute Gasteiger partial charge is 0.396 e. The van der Waals surface area contributed by atoms with E-state index in [0.29, 0.717) is 13.0 Å². The van der Waals surface area contributed by atoms with Crippen molar-refractivity contribution in [2.45, 2.75) is 32.1 Å². The highest BCUT2D eigenvalue weighted by atomic mass is 32.2. The maximum Gasteiger partial charge on any atom is 0.211 e. The molecule has 0 radical (unpaired) electrons. The minimum Gasteiger partial charge on any atom is -0.396 e. The minimum atomic E-state index is -3.13. The Labute approximate surface area is 85.8 Å². The predicted molar refractivity (Wildman–Crippen MR) is 55.5 cm³/mol. The zero-order chi connectivity index (χ0) is 10.4. The second-order valence-electron chi connectivity index (χ2n) is 3.88. The van der Waals surface area contributed by atoms with E-state index in [9.17, 15) is 8.42 Å². The number of nitrogens with one attached hydrogen (secondary N) is 1. The summed E-state index contributed by atoms with van der Waals surface area (Å²) in [6.45, 7) is 0.479. The maximum absolute atomic E-state index is 11.2. The molecule has 0 aliphatic heterocycles. The third-order valence-electron chi connectivity index (χ3n) is 2.38. The molecule has 0 saturated heterocycles. The Morgan fingerprint density at radius 2 is 2.00 bits per heavy atom. The zero-order valence-corrected chi connectivity index (χ0v) is 9.22. The van der Waals surface area contributed by atoms with Crippen LogP contribution in [0.5, 0.6) is 0 Å². The lowest BCUT2D eigenvalue weighted by Gasteiger charge is -2.04. The van der Waals surface area contributed by atoms with Gasteiger partial charge in [0, 0.05) is 13.2 Å². The van der Waals surface area contributed by atoms with Gasteiger partial charge in [-0.2, -0.15) is 0 Å². The van der Waals surface area contributed by atoms with Gasteiger partial charge in [0.15, 0.2) is 0 Å². The molecule has 0 amide bonds. The van der Waals surface area contributed by atoms with Crippen molar-refractivity contribution < 1.29 is 13.5 Å². The number of hydrogen-bond acceptors (Lipinski definition) is 3. The van der Waals surface area contributed by atoms with Crippen LogP contribution in [0.1, 0.15) is 32.1 Å². The van der Waals surface area contributed by atoms with Crippen molar-refractivity contribution in [3.05, 3.63) is 0 Å². The summed E-state index contributed by atoms with van der Waals surface area (Å²) in [5.74, 6) is 0.893. The molecule has 1 aliphatic rings. The van der Waals surface area contributed by atoms with E-state index in [1.807, 2.05) is 0 Å². The van der Waals surface area contributed by atoms with Crippen molar-refractivity contribution >= 4 is 10.0 Å². The third-order valence-corrected chi connectivity index (χ3v) is 3.85. The number of aliphatic hydroxyl groups excluding tert-OH is 1. The Hall–Kier alpha value is -0.130. The molecule has 5 heteroatoms. The van der Waals surface area contributed by atoms with Crippen molar-refractivity contribution in [3.63, 3.8) is 0 Å². The number of hydrogen-bond donors (Lipinski definition) is 2. The van der Waals surface area contributed by atoms with E-state index in [1.165, 1.54) is 12.8 Å². The molecule has 0 heterocycles. The van der Waals surface area contributed by atoms with Crippen LogP contribution in [0.4, 0.5) is 0 Å². The first kappa shape index (κ1) is 11.9. The van der Waals surface area contributed by atoms with Gasteiger partial charge in [0.05, 0.1) is 5.75 Å². The lowest BCUT2D eigenvalue weighted by Crippen LogP contribution is -2.27. The normalized spacial score (nSPS) is 17.2. The monoisotopic (exact) mass is 221 g/mol. The smallest absolute Gasteiger partial charge is 0.211 e. The van der Waals surface area contributed by atoms with Gasteiger partial charge in [-0.25, -0.2) is 13.1 Å². The summed E-state index contributed by atoms with van der Waals surface area (Å²) >= 11 is 0. The number of rotatable bonds is 8. The van der Waals surface area contributed by atoms with Crippen LogP contribution in [0.2, 0.25) is 0 Å². The Morgan fingerprint density at radius 3 is 2.57 bits per heavy atom. The fourth-order valence-electron chi connectivity index (χ4n) is 1.35. The first-order chi connectivity index (χ1) is 6.64. The van der Waals surface area contributed by atoms with Crippen molar-refractivity contribution in [1.29, 1.82) is 0 Å². The maximum atomic E-state index is 11.2. The van der Waals surface area contributed by atoms with Gasteiger partial charge in [0.25, 0.3) is 0 Å². The van der Waals surface area contributed by atoms with Gasteiger partial charge in [0.2, 0.25) is 10.0 Å². The quantitative estimate of drug-likeness (QED) is 0.586. The predicted octanol–water partition coefficient (Wildman–Crippen LogP) is 0.478. The van der Waals surface area contributed by atoms with Gasteiger partial charge >= 0.3 is 0 Å². The van der Waals surface area contributed by atoms with E-state index in [0.717, 1.165) is 18.8 Å². The Morgan fingerprint density at radius 1 is 1.29 bits per heavy atom. The van der Waals surface area contributed by atoms with Crippen LogP contribution in [0.15, 0.2) is 0 Å². The van der Waals surface area contributed by atoms with Gasteiger partial charge in [0.1, 0.15) is 0 Å². The molecule has 0 atom stereocenters. The molecule has 2 N–H and O–H groups in total. The van der Waals surface area contributed by atoms with Crippen LogP contribution in [-0.2, 0) is 10.0 Å². The minimum absolute atomic E-state index is 0.0347. The number of sulfonamides is 1. The SMILES string of the molecule is O=S(=O)(CCCO)NCCCC1CC1. The topological polar surface area (TPSA) is 66.4 Å². The summed E-state index contributed by atoms with van der Waals surface area (Å²) in [6.07, 6.45) is 5.03. The molecule has 1 rings (SSSR count). The first-order valence-corrected chi connectivity index (χ1v) is 6.87. The molecule has 0 aromatic carbocycles. The van der Waals surface area contributed by atoms with Gasteiger partial charge in [-0.15, -0.1) is 0 Å². The van der Waals surface area contributed by atoms with Gasteiger partial charge in [-0.3, -0.25) is 0 Å². The second-order valence-corrected chi connectivity index (χ2v) is 5.80. The molecule has 0 spiro atoms. The van der Waals surface area contributed by atoms with Crippen LogP contribution < -0.4 is 4.72 Å². The van der Waals surface area contributed by atoms with Gasteiger partial charge < -0.3 is 5.11 Å². The third kappa shape index (κ3) is 5.57. The van der Waals surface area contributed by atoms with Crippen LogP contribution >= 0.6 is 0 Å². The van der Waals surface area contributed by atoms with Crippen molar-refractivity contribution in [3.8, 4) is 0 Å². The first-order valence-electron chi connectivity index (χ1n) is 5.22. The van der Waals surface area contributed by atoms with Gasteiger partial charge in [-0.1, -0.05) is 12.8 Å². The standard InChI is InChI=1S/C9H19NO3S/c11-7-2-8-14(12,13)10-6-1-3-9-4-5-9/h9-11H,1-8H2. The molecule has 14 heavy (non-hydrogen) atoms. The fourth-order valence-corrected chi connectivity index (χ4v) is 2.46. The summed E-state index contributed by atoms with van der Waals surface area (Å²) < 4.78 is 25.0. The van der Waals surface area contributed by atoms with E-state index in [-0.39, 0.29) is 12.4 Å². The van der Waals surface area contributed by atoms with Gasteiger partial charge in [-0.05, 0) is 25.2 Å². The Kier molecular flexibility index (Phi) is 4.84. The Balaban J connectivity index is 2.02. The summed E-state index contributed by atoms with van der Waals surface area (Å²) in [5.41, 5.74) is 0. The average molecular weight is 221 g/mol. The average Bonchev–Trinajstić information content (AvgIpc) is 2.93. The molecular weight excluding hydrogens is 202 g/mol. The van der Waals surface area contributed by atoms with E-state index >= 15 is 0 Å². The van der Waals surface area contributed by atoms with Crippen LogP contribution in [-0.4, -0.2) is 32.4 Å². The Bertz CT molecular complexity index is 247. The van der Waals surface area contributed by atoms with Crippen molar-refractivity contribution in [1.82, 2.24) is 4.72 Å². The van der Waals surface area contributed by atoms with E-state index < -0.39 is 10.0 Å².